The van der Waals surface area contributed by atoms with Gasteiger partial charge in [0, 0.05) is 32.1 Å². The van der Waals surface area contributed by atoms with Crippen LogP contribution in [-0.4, -0.2) is 62.7 Å². The maximum absolute atomic E-state index is 13.7. The molecule has 0 bridgehead atoms. The number of primary amides is 1. The summed E-state index contributed by atoms with van der Waals surface area (Å²) in [5, 5.41) is 0. The van der Waals surface area contributed by atoms with E-state index in [0.717, 1.165) is 12.1 Å². The molecule has 0 aliphatic carbocycles. The summed E-state index contributed by atoms with van der Waals surface area (Å²) in [7, 11) is -2.68. The number of halogens is 1. The standard InChI is InChI=1S/C19H26FN3O5S/c1-28-16-5-4-15(20)11-17(16)29(26,27)23-8-2-3-14(12-23)19(25)22-9-6-13(7-10-22)18(21)24/h4-5,11,13-14H,2-3,6-10,12H2,1H3,(H2,21,24)/t14-/m0/s1. The Hall–Kier alpha value is -2.20. The van der Waals surface area contributed by atoms with Crippen LogP contribution in [-0.2, 0) is 19.6 Å². The van der Waals surface area contributed by atoms with Crippen molar-refractivity contribution in [3.8, 4) is 5.75 Å². The lowest BCUT2D eigenvalue weighted by molar-refractivity contribution is -0.139. The van der Waals surface area contributed by atoms with Crippen LogP contribution in [0, 0.1) is 17.7 Å². The van der Waals surface area contributed by atoms with Gasteiger partial charge in [-0.3, -0.25) is 9.59 Å². The number of ether oxygens (including phenoxy) is 1. The third-order valence-electron chi connectivity index (χ3n) is 5.69. The molecule has 8 nitrogen and oxygen atoms in total. The number of carbonyl (C=O) groups is 2. The van der Waals surface area contributed by atoms with Crippen LogP contribution in [0.4, 0.5) is 4.39 Å². The number of hydrogen-bond acceptors (Lipinski definition) is 5. The van der Waals surface area contributed by atoms with Gasteiger partial charge in [-0.2, -0.15) is 4.31 Å². The average molecular weight is 427 g/mol. The van der Waals surface area contributed by atoms with E-state index < -0.39 is 21.8 Å². The molecule has 2 saturated heterocycles. The smallest absolute Gasteiger partial charge is 0.246 e. The number of nitrogens with two attached hydrogens (primary N) is 1. The molecule has 0 spiro atoms. The summed E-state index contributed by atoms with van der Waals surface area (Å²) in [6.07, 6.45) is 2.17. The summed E-state index contributed by atoms with van der Waals surface area (Å²) in [5.41, 5.74) is 5.33. The van der Waals surface area contributed by atoms with E-state index in [1.54, 1.807) is 4.90 Å². The Morgan fingerprint density at radius 2 is 1.83 bits per heavy atom. The first-order chi connectivity index (χ1) is 13.7. The van der Waals surface area contributed by atoms with Crippen molar-refractivity contribution in [2.45, 2.75) is 30.6 Å². The minimum absolute atomic E-state index is 0.0383. The Labute approximate surface area is 169 Å². The van der Waals surface area contributed by atoms with E-state index in [1.807, 2.05) is 0 Å². The van der Waals surface area contributed by atoms with Crippen LogP contribution in [0.15, 0.2) is 23.1 Å². The quantitative estimate of drug-likeness (QED) is 0.753. The molecule has 10 heteroatoms. The van der Waals surface area contributed by atoms with Crippen molar-refractivity contribution in [1.29, 1.82) is 0 Å². The summed E-state index contributed by atoms with van der Waals surface area (Å²) in [6.45, 7) is 1.17. The van der Waals surface area contributed by atoms with Gasteiger partial charge in [-0.05, 0) is 43.9 Å². The Morgan fingerprint density at radius 1 is 1.14 bits per heavy atom. The van der Waals surface area contributed by atoms with Gasteiger partial charge in [0.15, 0.2) is 0 Å². The molecule has 2 aliphatic heterocycles. The highest BCUT2D eigenvalue weighted by atomic mass is 32.2. The molecular weight excluding hydrogens is 401 g/mol. The second kappa shape index (κ2) is 8.66. The number of hydrogen-bond donors (Lipinski definition) is 1. The average Bonchev–Trinajstić information content (AvgIpc) is 2.73. The molecule has 0 saturated carbocycles. The fraction of sp³-hybridized carbons (Fsp3) is 0.579. The highest BCUT2D eigenvalue weighted by Crippen LogP contribution is 2.31. The number of rotatable bonds is 5. The van der Waals surface area contributed by atoms with Crippen molar-refractivity contribution in [3.05, 3.63) is 24.0 Å². The van der Waals surface area contributed by atoms with Gasteiger partial charge in [0.25, 0.3) is 0 Å². The van der Waals surface area contributed by atoms with Crippen molar-refractivity contribution in [2.24, 2.45) is 17.6 Å². The summed E-state index contributed by atoms with van der Waals surface area (Å²) in [4.78, 5) is 25.7. The molecule has 2 amide bonds. The van der Waals surface area contributed by atoms with Crippen LogP contribution in [0.1, 0.15) is 25.7 Å². The number of sulfonamides is 1. The second-order valence-corrected chi connectivity index (χ2v) is 9.41. The number of likely N-dealkylation sites (tertiary alicyclic amines) is 1. The molecule has 1 atom stereocenters. The third kappa shape index (κ3) is 4.53. The highest BCUT2D eigenvalue weighted by Gasteiger charge is 2.37. The SMILES string of the molecule is COc1ccc(F)cc1S(=O)(=O)N1CCC[C@H](C(=O)N2CCC(C(N)=O)CC2)C1. The Bertz CT molecular complexity index is 884. The van der Waals surface area contributed by atoms with Crippen LogP contribution in [0.25, 0.3) is 0 Å². The number of nitrogens with zero attached hydrogens (tertiary/aromatic N) is 2. The first-order valence-electron chi connectivity index (χ1n) is 9.66. The minimum atomic E-state index is -4.01. The van der Waals surface area contributed by atoms with Crippen LogP contribution in [0.5, 0.6) is 5.75 Å². The molecule has 0 aromatic heterocycles. The zero-order valence-electron chi connectivity index (χ0n) is 16.3. The molecular formula is C19H26FN3O5S. The lowest BCUT2D eigenvalue weighted by Gasteiger charge is -2.37. The fourth-order valence-electron chi connectivity index (χ4n) is 4.00. The van der Waals surface area contributed by atoms with Crippen molar-refractivity contribution in [3.63, 3.8) is 0 Å². The maximum atomic E-state index is 13.7. The fourth-order valence-corrected chi connectivity index (χ4v) is 5.69. The molecule has 0 unspecified atom stereocenters. The van der Waals surface area contributed by atoms with E-state index in [0.29, 0.717) is 38.8 Å². The molecule has 0 radical (unpaired) electrons. The molecule has 160 valence electrons. The van der Waals surface area contributed by atoms with Gasteiger partial charge >= 0.3 is 0 Å². The van der Waals surface area contributed by atoms with Gasteiger partial charge < -0.3 is 15.4 Å². The molecule has 29 heavy (non-hydrogen) atoms. The maximum Gasteiger partial charge on any atom is 0.246 e. The van der Waals surface area contributed by atoms with Crippen LogP contribution in [0.2, 0.25) is 0 Å². The van der Waals surface area contributed by atoms with E-state index in [1.165, 1.54) is 17.5 Å². The molecule has 1 aromatic rings. The summed E-state index contributed by atoms with van der Waals surface area (Å²) >= 11 is 0. The zero-order valence-corrected chi connectivity index (χ0v) is 17.2. The van der Waals surface area contributed by atoms with Crippen LogP contribution >= 0.6 is 0 Å². The number of benzene rings is 1. The molecule has 2 fully saturated rings. The van der Waals surface area contributed by atoms with E-state index in [9.17, 15) is 22.4 Å². The lowest BCUT2D eigenvalue weighted by Crippen LogP contribution is -2.49. The van der Waals surface area contributed by atoms with Crippen molar-refractivity contribution >= 4 is 21.8 Å². The van der Waals surface area contributed by atoms with E-state index in [2.05, 4.69) is 0 Å². The van der Waals surface area contributed by atoms with Crippen molar-refractivity contribution in [1.82, 2.24) is 9.21 Å². The Kier molecular flexibility index (Phi) is 6.42. The predicted octanol–water partition coefficient (Wildman–Crippen LogP) is 0.959. The largest absolute Gasteiger partial charge is 0.495 e. The number of amides is 2. The third-order valence-corrected chi connectivity index (χ3v) is 7.57. The Balaban J connectivity index is 1.73. The van der Waals surface area contributed by atoms with Crippen LogP contribution in [0.3, 0.4) is 0 Å². The summed E-state index contributed by atoms with van der Waals surface area (Å²) < 4.78 is 46.2. The van der Waals surface area contributed by atoms with Gasteiger partial charge in [-0.1, -0.05) is 0 Å². The first-order valence-corrected chi connectivity index (χ1v) is 11.1. The van der Waals surface area contributed by atoms with Gasteiger partial charge in [0.05, 0.1) is 13.0 Å². The van der Waals surface area contributed by atoms with Crippen LogP contribution < -0.4 is 10.5 Å². The zero-order chi connectivity index (χ0) is 21.2. The predicted molar refractivity (Wildman–Crippen MR) is 103 cm³/mol. The first kappa shape index (κ1) is 21.5. The monoisotopic (exact) mass is 427 g/mol. The number of piperidine rings is 2. The van der Waals surface area contributed by atoms with Gasteiger partial charge in [0.2, 0.25) is 21.8 Å². The van der Waals surface area contributed by atoms with Crippen molar-refractivity contribution in [2.75, 3.05) is 33.3 Å². The molecule has 2 aliphatic rings. The second-order valence-electron chi connectivity index (χ2n) is 7.50. The number of carbonyl (C=O) groups excluding carboxylic acids is 2. The minimum Gasteiger partial charge on any atom is -0.495 e. The normalized spacial score (nSPS) is 21.7. The molecule has 1 aromatic carbocycles. The number of methoxy groups -OCH3 is 1. The van der Waals surface area contributed by atoms with E-state index in [-0.39, 0.29) is 41.5 Å². The van der Waals surface area contributed by atoms with Gasteiger partial charge in [-0.25, -0.2) is 12.8 Å². The lowest BCUT2D eigenvalue weighted by atomic mass is 9.93. The van der Waals surface area contributed by atoms with Gasteiger partial charge in [0.1, 0.15) is 16.5 Å². The van der Waals surface area contributed by atoms with E-state index in [4.69, 9.17) is 10.5 Å². The summed E-state index contributed by atoms with van der Waals surface area (Å²) in [5.74, 6) is -1.76. The topological polar surface area (TPSA) is 110 Å². The van der Waals surface area contributed by atoms with Crippen molar-refractivity contribution < 1.29 is 27.1 Å². The molecule has 2 N–H and O–H groups in total. The van der Waals surface area contributed by atoms with Gasteiger partial charge in [-0.15, -0.1) is 0 Å². The summed E-state index contributed by atoms with van der Waals surface area (Å²) in [6, 6.07) is 3.35. The van der Waals surface area contributed by atoms with E-state index >= 15 is 0 Å². The Morgan fingerprint density at radius 3 is 2.45 bits per heavy atom. The molecule has 3 rings (SSSR count). The molecule has 2 heterocycles. The highest BCUT2D eigenvalue weighted by molar-refractivity contribution is 7.89.